The van der Waals surface area contributed by atoms with Gasteiger partial charge in [0.25, 0.3) is 5.91 Å². The van der Waals surface area contributed by atoms with Gasteiger partial charge in [-0.05, 0) is 24.1 Å². The van der Waals surface area contributed by atoms with Gasteiger partial charge in [0.05, 0.1) is 11.2 Å². The molecule has 6 heteroatoms. The van der Waals surface area contributed by atoms with Crippen LogP contribution in [-0.4, -0.2) is 17.4 Å². The van der Waals surface area contributed by atoms with Gasteiger partial charge >= 0.3 is 0 Å². The van der Waals surface area contributed by atoms with Gasteiger partial charge in [-0.1, -0.05) is 20.8 Å². The highest BCUT2D eigenvalue weighted by Crippen LogP contribution is 2.26. The van der Waals surface area contributed by atoms with E-state index in [4.69, 9.17) is 0 Å². The summed E-state index contributed by atoms with van der Waals surface area (Å²) >= 11 is 1.36. The molecule has 0 saturated heterocycles. The molecular weight excluding hydrogens is 306 g/mol. The van der Waals surface area contributed by atoms with Gasteiger partial charge in [0.2, 0.25) is 0 Å². The van der Waals surface area contributed by atoms with Crippen LogP contribution < -0.4 is 5.32 Å². The Bertz CT molecular complexity index is 657. The number of aromatic nitrogens is 1. The molecule has 1 aromatic carbocycles. The molecule has 0 aliphatic carbocycles. The van der Waals surface area contributed by atoms with E-state index in [0.717, 1.165) is 11.1 Å². The van der Waals surface area contributed by atoms with Crippen molar-refractivity contribution in [2.45, 2.75) is 32.6 Å². The maximum atomic E-state index is 13.1. The molecular formula is C16H18F2N2OS. The number of benzene rings is 1. The molecule has 0 atom stereocenters. The van der Waals surface area contributed by atoms with Gasteiger partial charge in [-0.15, -0.1) is 11.3 Å². The van der Waals surface area contributed by atoms with Crippen LogP contribution >= 0.6 is 11.3 Å². The van der Waals surface area contributed by atoms with Crippen molar-refractivity contribution in [2.75, 3.05) is 6.54 Å². The molecule has 0 radical (unpaired) electrons. The number of hydrogen-bond donors (Lipinski definition) is 1. The lowest BCUT2D eigenvalue weighted by atomic mass is 9.98. The Morgan fingerprint density at radius 1 is 1.23 bits per heavy atom. The number of amides is 1. The van der Waals surface area contributed by atoms with E-state index in [1.807, 2.05) is 20.8 Å². The van der Waals surface area contributed by atoms with Crippen LogP contribution in [0.25, 0.3) is 0 Å². The first kappa shape index (κ1) is 16.5. The normalized spacial score (nSPS) is 11.5. The highest BCUT2D eigenvalue weighted by atomic mass is 32.1. The van der Waals surface area contributed by atoms with Crippen LogP contribution in [0, 0.1) is 11.6 Å². The molecule has 118 valence electrons. The topological polar surface area (TPSA) is 42.0 Å². The minimum Gasteiger partial charge on any atom is -0.351 e. The Hall–Kier alpha value is -1.82. The molecule has 0 spiro atoms. The van der Waals surface area contributed by atoms with Gasteiger partial charge in [0.15, 0.2) is 0 Å². The number of nitrogens with zero attached hydrogens (tertiary/aromatic N) is 1. The molecule has 0 fully saturated rings. The SMILES string of the molecule is CC(C)(C)c1ncc(C(=O)NCCc2cc(F)cc(F)c2)s1. The lowest BCUT2D eigenvalue weighted by Gasteiger charge is -2.13. The van der Waals surface area contributed by atoms with Gasteiger partial charge in [0.1, 0.15) is 16.5 Å². The highest BCUT2D eigenvalue weighted by molar-refractivity contribution is 7.13. The van der Waals surface area contributed by atoms with E-state index < -0.39 is 11.6 Å². The molecule has 3 nitrogen and oxygen atoms in total. The fourth-order valence-corrected chi connectivity index (χ4v) is 2.78. The van der Waals surface area contributed by atoms with Gasteiger partial charge in [-0.25, -0.2) is 13.8 Å². The summed E-state index contributed by atoms with van der Waals surface area (Å²) in [4.78, 5) is 16.8. The number of halogens is 2. The largest absolute Gasteiger partial charge is 0.351 e. The Labute approximate surface area is 132 Å². The van der Waals surface area contributed by atoms with Crippen LogP contribution in [0.5, 0.6) is 0 Å². The average Bonchev–Trinajstić information content (AvgIpc) is 2.86. The zero-order valence-corrected chi connectivity index (χ0v) is 13.6. The first-order valence-corrected chi connectivity index (χ1v) is 7.77. The average molecular weight is 324 g/mol. The third kappa shape index (κ3) is 4.34. The zero-order chi connectivity index (χ0) is 16.3. The summed E-state index contributed by atoms with van der Waals surface area (Å²) in [6.45, 7) is 6.41. The third-order valence-electron chi connectivity index (χ3n) is 2.99. The second kappa shape index (κ2) is 6.52. The third-order valence-corrected chi connectivity index (χ3v) is 4.41. The van der Waals surface area contributed by atoms with Crippen molar-refractivity contribution in [3.8, 4) is 0 Å². The van der Waals surface area contributed by atoms with E-state index in [0.29, 0.717) is 23.4 Å². The van der Waals surface area contributed by atoms with Crippen LogP contribution in [0.4, 0.5) is 8.78 Å². The predicted octanol–water partition coefficient (Wildman–Crippen LogP) is 3.69. The molecule has 22 heavy (non-hydrogen) atoms. The molecule has 0 aliphatic heterocycles. The van der Waals surface area contributed by atoms with Crippen molar-refractivity contribution in [1.82, 2.24) is 10.3 Å². The molecule has 2 aromatic rings. The van der Waals surface area contributed by atoms with Gasteiger partial charge < -0.3 is 5.32 Å². The lowest BCUT2D eigenvalue weighted by molar-refractivity contribution is 0.0958. The smallest absolute Gasteiger partial charge is 0.263 e. The lowest BCUT2D eigenvalue weighted by Crippen LogP contribution is -2.24. The van der Waals surface area contributed by atoms with Crippen molar-refractivity contribution >= 4 is 17.2 Å². The summed E-state index contributed by atoms with van der Waals surface area (Å²) in [7, 11) is 0. The Morgan fingerprint density at radius 2 is 1.86 bits per heavy atom. The van der Waals surface area contributed by atoms with Crippen molar-refractivity contribution in [1.29, 1.82) is 0 Å². The predicted molar refractivity (Wildman–Crippen MR) is 83.2 cm³/mol. The summed E-state index contributed by atoms with van der Waals surface area (Å²) in [5.74, 6) is -1.44. The summed E-state index contributed by atoms with van der Waals surface area (Å²) < 4.78 is 26.1. The van der Waals surface area contributed by atoms with Crippen molar-refractivity contribution in [3.63, 3.8) is 0 Å². The van der Waals surface area contributed by atoms with Crippen LogP contribution in [0.3, 0.4) is 0 Å². The molecule has 2 rings (SSSR count). The zero-order valence-electron chi connectivity index (χ0n) is 12.7. The van der Waals surface area contributed by atoms with E-state index in [2.05, 4.69) is 10.3 Å². The molecule has 1 heterocycles. The van der Waals surface area contributed by atoms with E-state index in [9.17, 15) is 13.6 Å². The second-order valence-electron chi connectivity index (χ2n) is 6.06. The van der Waals surface area contributed by atoms with E-state index in [1.165, 1.54) is 23.5 Å². The summed E-state index contributed by atoms with van der Waals surface area (Å²) in [6, 6.07) is 3.35. The number of carbonyl (C=O) groups is 1. The number of nitrogens with one attached hydrogen (secondary N) is 1. The molecule has 0 aliphatic rings. The first-order chi connectivity index (χ1) is 10.3. The minimum atomic E-state index is -0.612. The maximum Gasteiger partial charge on any atom is 0.263 e. The summed E-state index contributed by atoms with van der Waals surface area (Å²) in [6.07, 6.45) is 1.92. The Morgan fingerprint density at radius 3 is 2.41 bits per heavy atom. The molecule has 1 aromatic heterocycles. The first-order valence-electron chi connectivity index (χ1n) is 6.95. The fourth-order valence-electron chi connectivity index (χ4n) is 1.89. The Balaban J connectivity index is 1.91. The van der Waals surface area contributed by atoms with E-state index in [-0.39, 0.29) is 11.3 Å². The fraction of sp³-hybridized carbons (Fsp3) is 0.375. The standard InChI is InChI=1S/C16H18F2N2OS/c1-16(2,3)15-20-9-13(22-15)14(21)19-5-4-10-6-11(17)8-12(18)7-10/h6-9H,4-5H2,1-3H3,(H,19,21). The van der Waals surface area contributed by atoms with E-state index >= 15 is 0 Å². The molecule has 1 N–H and O–H groups in total. The second-order valence-corrected chi connectivity index (χ2v) is 7.09. The maximum absolute atomic E-state index is 13.1. The number of rotatable bonds is 4. The number of carbonyl (C=O) groups excluding carboxylic acids is 1. The van der Waals surface area contributed by atoms with Gasteiger partial charge in [-0.2, -0.15) is 0 Å². The van der Waals surface area contributed by atoms with Gasteiger partial charge in [-0.3, -0.25) is 4.79 Å². The molecule has 0 unspecified atom stereocenters. The van der Waals surface area contributed by atoms with E-state index in [1.54, 1.807) is 6.20 Å². The minimum absolute atomic E-state index is 0.0950. The summed E-state index contributed by atoms with van der Waals surface area (Å²) in [5, 5.41) is 3.63. The van der Waals surface area contributed by atoms with Crippen LogP contribution in [0.1, 0.15) is 41.0 Å². The van der Waals surface area contributed by atoms with Crippen molar-refractivity contribution in [3.05, 3.63) is 51.5 Å². The van der Waals surface area contributed by atoms with Gasteiger partial charge in [0, 0.05) is 18.0 Å². The number of thiazole rings is 1. The monoisotopic (exact) mass is 324 g/mol. The molecule has 0 saturated carbocycles. The summed E-state index contributed by atoms with van der Waals surface area (Å²) in [5.41, 5.74) is 0.417. The molecule has 0 bridgehead atoms. The van der Waals surface area contributed by atoms with Crippen LogP contribution in [0.15, 0.2) is 24.4 Å². The van der Waals surface area contributed by atoms with Crippen LogP contribution in [-0.2, 0) is 11.8 Å². The molecule has 1 amide bonds. The van der Waals surface area contributed by atoms with Crippen LogP contribution in [0.2, 0.25) is 0 Å². The quantitative estimate of drug-likeness (QED) is 0.932. The number of hydrogen-bond acceptors (Lipinski definition) is 3. The highest BCUT2D eigenvalue weighted by Gasteiger charge is 2.20. The Kier molecular flexibility index (Phi) is 4.90. The van der Waals surface area contributed by atoms with Crippen molar-refractivity contribution in [2.24, 2.45) is 0 Å². The van der Waals surface area contributed by atoms with Crippen molar-refractivity contribution < 1.29 is 13.6 Å².